The van der Waals surface area contributed by atoms with E-state index in [0.717, 1.165) is 22.4 Å². The van der Waals surface area contributed by atoms with Gasteiger partial charge in [0.2, 0.25) is 0 Å². The molecule has 134 valence electrons. The van der Waals surface area contributed by atoms with Gasteiger partial charge in [0.15, 0.2) is 6.10 Å². The lowest BCUT2D eigenvalue weighted by atomic mass is 10.1. The van der Waals surface area contributed by atoms with Gasteiger partial charge in [-0.05, 0) is 62.6 Å². The molecule has 2 aromatic rings. The van der Waals surface area contributed by atoms with Crippen LogP contribution in [0, 0.1) is 20.8 Å². The van der Waals surface area contributed by atoms with E-state index in [2.05, 4.69) is 11.4 Å². The molecule has 0 aliphatic carbocycles. The molecule has 0 unspecified atom stereocenters. The van der Waals surface area contributed by atoms with Crippen LogP contribution in [0.25, 0.3) is 0 Å². The van der Waals surface area contributed by atoms with E-state index >= 15 is 0 Å². The van der Waals surface area contributed by atoms with Gasteiger partial charge < -0.3 is 19.5 Å². The molecule has 0 spiro atoms. The summed E-state index contributed by atoms with van der Waals surface area (Å²) in [6, 6.07) is 9.26. The third kappa shape index (κ3) is 4.44. The van der Waals surface area contributed by atoms with Gasteiger partial charge in [-0.1, -0.05) is 6.07 Å². The van der Waals surface area contributed by atoms with E-state index < -0.39 is 6.10 Å². The molecule has 2 rings (SSSR count). The fraction of sp³-hybridized carbons (Fsp3) is 0.350. The maximum atomic E-state index is 12.5. The number of carbonyl (C=O) groups excluding carboxylic acids is 1. The van der Waals surface area contributed by atoms with Crippen molar-refractivity contribution in [1.82, 2.24) is 0 Å². The SMILES string of the molecule is COc1ccc(NC(=O)[C@@H](C)Oc2cc(C)cc(C)c2C)c(OC)c1. The van der Waals surface area contributed by atoms with Crippen molar-refractivity contribution in [1.29, 1.82) is 0 Å². The highest BCUT2D eigenvalue weighted by molar-refractivity contribution is 5.95. The van der Waals surface area contributed by atoms with Crippen molar-refractivity contribution in [2.45, 2.75) is 33.8 Å². The Labute approximate surface area is 148 Å². The van der Waals surface area contributed by atoms with E-state index in [4.69, 9.17) is 14.2 Å². The van der Waals surface area contributed by atoms with Crippen LogP contribution in [-0.4, -0.2) is 26.2 Å². The molecular formula is C20H25NO4. The summed E-state index contributed by atoms with van der Waals surface area (Å²) >= 11 is 0. The number of hydrogen-bond donors (Lipinski definition) is 1. The molecule has 0 radical (unpaired) electrons. The summed E-state index contributed by atoms with van der Waals surface area (Å²) in [5.74, 6) is 1.66. The lowest BCUT2D eigenvalue weighted by Crippen LogP contribution is -2.30. The van der Waals surface area contributed by atoms with Crippen LogP contribution in [-0.2, 0) is 4.79 Å². The number of hydrogen-bond acceptors (Lipinski definition) is 4. The molecule has 25 heavy (non-hydrogen) atoms. The molecule has 1 N–H and O–H groups in total. The third-order valence-electron chi connectivity index (χ3n) is 4.10. The first-order valence-corrected chi connectivity index (χ1v) is 8.13. The average molecular weight is 343 g/mol. The third-order valence-corrected chi connectivity index (χ3v) is 4.10. The largest absolute Gasteiger partial charge is 0.497 e. The quantitative estimate of drug-likeness (QED) is 0.860. The number of carbonyl (C=O) groups is 1. The number of aryl methyl sites for hydroxylation is 2. The van der Waals surface area contributed by atoms with E-state index in [0.29, 0.717) is 17.2 Å². The van der Waals surface area contributed by atoms with Crippen molar-refractivity contribution in [3.63, 3.8) is 0 Å². The number of anilines is 1. The molecule has 0 heterocycles. The molecule has 5 nitrogen and oxygen atoms in total. The normalized spacial score (nSPS) is 11.6. The molecular weight excluding hydrogens is 318 g/mol. The predicted octanol–water partition coefficient (Wildman–Crippen LogP) is 4.04. The molecule has 0 aliphatic heterocycles. The number of ether oxygens (including phenoxy) is 3. The average Bonchev–Trinajstić information content (AvgIpc) is 2.59. The second-order valence-electron chi connectivity index (χ2n) is 6.02. The maximum absolute atomic E-state index is 12.5. The molecule has 0 aliphatic rings. The van der Waals surface area contributed by atoms with Crippen molar-refractivity contribution >= 4 is 11.6 Å². The first kappa shape index (κ1) is 18.6. The zero-order valence-corrected chi connectivity index (χ0v) is 15.6. The van der Waals surface area contributed by atoms with Crippen molar-refractivity contribution in [3.8, 4) is 17.2 Å². The topological polar surface area (TPSA) is 56.8 Å². The van der Waals surface area contributed by atoms with Crippen LogP contribution < -0.4 is 19.5 Å². The Morgan fingerprint density at radius 3 is 2.36 bits per heavy atom. The van der Waals surface area contributed by atoms with Gasteiger partial charge >= 0.3 is 0 Å². The summed E-state index contributed by atoms with van der Waals surface area (Å²) in [6.45, 7) is 7.75. The van der Waals surface area contributed by atoms with Crippen LogP contribution in [0.4, 0.5) is 5.69 Å². The number of amides is 1. The minimum absolute atomic E-state index is 0.248. The lowest BCUT2D eigenvalue weighted by molar-refractivity contribution is -0.122. The second-order valence-corrected chi connectivity index (χ2v) is 6.02. The first-order chi connectivity index (χ1) is 11.8. The Hall–Kier alpha value is -2.69. The Morgan fingerprint density at radius 2 is 1.72 bits per heavy atom. The molecule has 2 aromatic carbocycles. The maximum Gasteiger partial charge on any atom is 0.265 e. The highest BCUT2D eigenvalue weighted by Gasteiger charge is 2.18. The van der Waals surface area contributed by atoms with Crippen LogP contribution in [0.3, 0.4) is 0 Å². The van der Waals surface area contributed by atoms with E-state index in [1.54, 1.807) is 39.3 Å². The van der Waals surface area contributed by atoms with Crippen LogP contribution >= 0.6 is 0 Å². The van der Waals surface area contributed by atoms with Crippen molar-refractivity contribution < 1.29 is 19.0 Å². The Morgan fingerprint density at radius 1 is 1.00 bits per heavy atom. The summed E-state index contributed by atoms with van der Waals surface area (Å²) in [7, 11) is 3.12. The van der Waals surface area contributed by atoms with E-state index in [1.807, 2.05) is 26.8 Å². The Bertz CT molecular complexity index is 771. The molecule has 0 bridgehead atoms. The molecule has 1 atom stereocenters. The number of nitrogens with one attached hydrogen (secondary N) is 1. The molecule has 0 fully saturated rings. The smallest absolute Gasteiger partial charge is 0.265 e. The summed E-state index contributed by atoms with van der Waals surface area (Å²) in [5.41, 5.74) is 3.84. The monoisotopic (exact) mass is 343 g/mol. The fourth-order valence-corrected chi connectivity index (χ4v) is 2.50. The molecule has 1 amide bonds. The van der Waals surface area contributed by atoms with Gasteiger partial charge in [0, 0.05) is 6.07 Å². The standard InChI is InChI=1S/C20H25NO4/c1-12-9-13(2)14(3)18(10-12)25-15(4)20(22)21-17-8-7-16(23-5)11-19(17)24-6/h7-11,15H,1-6H3,(H,21,22)/t15-/m1/s1. The van der Waals surface area contributed by atoms with Gasteiger partial charge in [0.1, 0.15) is 17.2 Å². The Kier molecular flexibility index (Phi) is 5.91. The van der Waals surface area contributed by atoms with Crippen LogP contribution in [0.1, 0.15) is 23.6 Å². The fourth-order valence-electron chi connectivity index (χ4n) is 2.50. The van der Waals surface area contributed by atoms with Gasteiger partial charge in [0.05, 0.1) is 19.9 Å². The van der Waals surface area contributed by atoms with Crippen molar-refractivity contribution in [2.75, 3.05) is 19.5 Å². The highest BCUT2D eigenvalue weighted by atomic mass is 16.5. The van der Waals surface area contributed by atoms with Crippen LogP contribution in [0.5, 0.6) is 17.2 Å². The molecule has 0 saturated carbocycles. The number of methoxy groups -OCH3 is 2. The molecule has 0 saturated heterocycles. The molecule has 5 heteroatoms. The summed E-state index contributed by atoms with van der Waals surface area (Å²) in [6.07, 6.45) is -0.647. The number of benzene rings is 2. The summed E-state index contributed by atoms with van der Waals surface area (Å²) in [5, 5.41) is 2.84. The molecule has 0 aromatic heterocycles. The Balaban J connectivity index is 2.13. The van der Waals surface area contributed by atoms with Gasteiger partial charge in [-0.2, -0.15) is 0 Å². The van der Waals surface area contributed by atoms with Crippen molar-refractivity contribution in [2.24, 2.45) is 0 Å². The zero-order chi connectivity index (χ0) is 18.6. The van der Waals surface area contributed by atoms with Gasteiger partial charge in [-0.3, -0.25) is 4.79 Å². The lowest BCUT2D eigenvalue weighted by Gasteiger charge is -2.19. The summed E-state index contributed by atoms with van der Waals surface area (Å²) < 4.78 is 16.3. The summed E-state index contributed by atoms with van der Waals surface area (Å²) in [4.78, 5) is 12.5. The first-order valence-electron chi connectivity index (χ1n) is 8.13. The number of rotatable bonds is 6. The predicted molar refractivity (Wildman–Crippen MR) is 98.9 cm³/mol. The van der Waals surface area contributed by atoms with Gasteiger partial charge in [-0.25, -0.2) is 0 Å². The van der Waals surface area contributed by atoms with E-state index in [-0.39, 0.29) is 5.91 Å². The second kappa shape index (κ2) is 7.92. The van der Waals surface area contributed by atoms with E-state index in [9.17, 15) is 4.79 Å². The van der Waals surface area contributed by atoms with Crippen molar-refractivity contribution in [3.05, 3.63) is 47.0 Å². The van der Waals surface area contributed by atoms with Crippen LogP contribution in [0.15, 0.2) is 30.3 Å². The van der Waals surface area contributed by atoms with Gasteiger partial charge in [0.25, 0.3) is 5.91 Å². The van der Waals surface area contributed by atoms with E-state index in [1.165, 1.54) is 0 Å². The zero-order valence-electron chi connectivity index (χ0n) is 15.6. The van der Waals surface area contributed by atoms with Gasteiger partial charge in [-0.15, -0.1) is 0 Å². The minimum Gasteiger partial charge on any atom is -0.497 e. The minimum atomic E-state index is -0.647. The highest BCUT2D eigenvalue weighted by Crippen LogP contribution is 2.29. The van der Waals surface area contributed by atoms with Crippen LogP contribution in [0.2, 0.25) is 0 Å².